The van der Waals surface area contributed by atoms with Crippen molar-refractivity contribution in [2.75, 3.05) is 26.2 Å². The predicted octanol–water partition coefficient (Wildman–Crippen LogP) is 9.33. The van der Waals surface area contributed by atoms with Crippen molar-refractivity contribution in [2.45, 2.75) is 255 Å². The van der Waals surface area contributed by atoms with Crippen molar-refractivity contribution in [1.29, 1.82) is 0 Å². The fourth-order valence-electron chi connectivity index (χ4n) is 7.71. The minimum Gasteiger partial charge on any atom is -0.356 e. The second-order valence-electron chi connectivity index (χ2n) is 19.3. The van der Waals surface area contributed by atoms with Gasteiger partial charge in [-0.3, -0.25) is 33.6 Å². The molecule has 0 fully saturated rings. The van der Waals surface area contributed by atoms with Gasteiger partial charge in [-0.05, 0) is 84.0 Å². The first-order valence-electron chi connectivity index (χ1n) is 27.6. The Hall–Kier alpha value is -3.71. The van der Waals surface area contributed by atoms with Gasteiger partial charge in [0.25, 0.3) is 0 Å². The zero-order valence-electron chi connectivity index (χ0n) is 45.4. The number of hydrogen-bond acceptors (Lipinski definition) is 7. The van der Waals surface area contributed by atoms with Crippen molar-refractivity contribution in [3.63, 3.8) is 0 Å². The summed E-state index contributed by atoms with van der Waals surface area (Å²) < 4.78 is 0. The fourth-order valence-corrected chi connectivity index (χ4v) is 7.71. The number of likely N-dealkylation sites (N-methyl/N-ethyl adjacent to an activating group) is 1. The van der Waals surface area contributed by atoms with Gasteiger partial charge in [-0.2, -0.15) is 0 Å². The molecule has 0 saturated heterocycles. The lowest BCUT2D eigenvalue weighted by Gasteiger charge is -2.24. The Bertz CT molecular complexity index is 1350. The predicted molar refractivity (Wildman–Crippen MR) is 280 cm³/mol. The van der Waals surface area contributed by atoms with Crippen LogP contribution in [0.2, 0.25) is 0 Å². The van der Waals surface area contributed by atoms with Gasteiger partial charge < -0.3 is 37.2 Å². The van der Waals surface area contributed by atoms with Gasteiger partial charge >= 0.3 is 0 Å². The highest BCUT2D eigenvalue weighted by Crippen LogP contribution is 2.14. The van der Waals surface area contributed by atoms with E-state index in [0.29, 0.717) is 64.6 Å². The van der Waals surface area contributed by atoms with E-state index in [1.165, 1.54) is 19.3 Å². The van der Waals surface area contributed by atoms with Crippen molar-refractivity contribution in [2.24, 2.45) is 23.7 Å². The third kappa shape index (κ3) is 34.6. The topological polar surface area (TPSA) is 204 Å². The summed E-state index contributed by atoms with van der Waals surface area (Å²) in [7, 11) is 0. The number of amides is 7. The van der Waals surface area contributed by atoms with Gasteiger partial charge in [-0.15, -0.1) is 0 Å². The molecule has 0 radical (unpaired) electrons. The highest BCUT2D eigenvalue weighted by atomic mass is 16.2. The van der Waals surface area contributed by atoms with Crippen molar-refractivity contribution in [3.8, 4) is 0 Å². The number of carbonyl (C=O) groups excluding carboxylic acids is 7. The van der Waals surface area contributed by atoms with E-state index in [4.69, 9.17) is 0 Å². The number of nitrogens with one attached hydrogen (secondary N) is 7. The number of carbonyl (C=O) groups is 7. The van der Waals surface area contributed by atoms with Crippen LogP contribution in [0, 0.1) is 23.7 Å². The molecule has 0 rings (SSSR count). The monoisotopic (exact) mass is 964 g/mol. The second-order valence-corrected chi connectivity index (χ2v) is 19.3. The molecule has 0 saturated carbocycles. The third-order valence-corrected chi connectivity index (χ3v) is 12.6. The molecule has 0 aromatic heterocycles. The summed E-state index contributed by atoms with van der Waals surface area (Å²) in [5.41, 5.74) is 0. The van der Waals surface area contributed by atoms with Crippen LogP contribution in [-0.4, -0.2) is 85.7 Å². The van der Waals surface area contributed by atoms with E-state index in [1.54, 1.807) is 0 Å². The van der Waals surface area contributed by atoms with Crippen molar-refractivity contribution in [3.05, 3.63) is 0 Å². The summed E-state index contributed by atoms with van der Waals surface area (Å²) >= 11 is 0. The Labute approximate surface area is 415 Å². The van der Waals surface area contributed by atoms with Gasteiger partial charge in [0, 0.05) is 49.9 Å². The largest absolute Gasteiger partial charge is 0.356 e. The molecule has 398 valence electrons. The molecule has 0 spiro atoms. The minimum absolute atomic E-state index is 0.0410. The number of hydrogen-bond donors (Lipinski definition) is 7. The van der Waals surface area contributed by atoms with E-state index in [0.717, 1.165) is 103 Å². The highest BCUT2D eigenvalue weighted by molar-refractivity contribution is 5.92. The van der Waals surface area contributed by atoms with Crippen LogP contribution in [0.1, 0.15) is 237 Å². The normalized spacial score (nSPS) is 14.0. The molecule has 7 unspecified atom stereocenters. The molecule has 0 aromatic carbocycles. The van der Waals surface area contributed by atoms with Crippen LogP contribution in [0.4, 0.5) is 0 Å². The molecule has 14 heteroatoms. The summed E-state index contributed by atoms with van der Waals surface area (Å²) in [4.78, 5) is 89.7. The molecule has 68 heavy (non-hydrogen) atoms. The quantitative estimate of drug-likeness (QED) is 0.0296. The summed E-state index contributed by atoms with van der Waals surface area (Å²) in [5, 5.41) is 20.5. The van der Waals surface area contributed by atoms with Gasteiger partial charge in [-0.25, -0.2) is 0 Å². The first-order chi connectivity index (χ1) is 32.6. The smallest absolute Gasteiger partial charge is 0.243 e. The van der Waals surface area contributed by atoms with Gasteiger partial charge in [-0.1, -0.05) is 153 Å². The van der Waals surface area contributed by atoms with Gasteiger partial charge in [0.15, 0.2) is 0 Å². The molecule has 7 amide bonds. The summed E-state index contributed by atoms with van der Waals surface area (Å²) in [6, 6.07) is -2.22. The van der Waals surface area contributed by atoms with Crippen molar-refractivity contribution < 1.29 is 33.6 Å². The molecule has 0 aliphatic rings. The first-order valence-corrected chi connectivity index (χ1v) is 27.6. The molecule has 0 aliphatic carbocycles. The second kappa shape index (κ2) is 44.5. The third-order valence-electron chi connectivity index (χ3n) is 12.6. The van der Waals surface area contributed by atoms with Crippen LogP contribution in [0.5, 0.6) is 0 Å². The van der Waals surface area contributed by atoms with Crippen LogP contribution >= 0.6 is 0 Å². The first kappa shape index (κ1) is 66.4. The minimum atomic E-state index is -0.818. The van der Waals surface area contributed by atoms with Crippen LogP contribution in [0.15, 0.2) is 0 Å². The van der Waals surface area contributed by atoms with Crippen molar-refractivity contribution >= 4 is 41.4 Å². The Morgan fingerprint density at radius 3 is 0.956 bits per heavy atom. The van der Waals surface area contributed by atoms with E-state index in [1.807, 2.05) is 41.5 Å². The maximum atomic E-state index is 13.7. The van der Waals surface area contributed by atoms with Gasteiger partial charge in [0.1, 0.15) is 18.1 Å². The Morgan fingerprint density at radius 1 is 0.279 bits per heavy atom. The van der Waals surface area contributed by atoms with Crippen LogP contribution in [-0.2, 0) is 33.6 Å². The molecule has 7 atom stereocenters. The van der Waals surface area contributed by atoms with E-state index < -0.39 is 24.0 Å². The van der Waals surface area contributed by atoms with Gasteiger partial charge in [0.2, 0.25) is 41.4 Å². The average Bonchev–Trinajstić information content (AvgIpc) is 3.32. The van der Waals surface area contributed by atoms with E-state index in [2.05, 4.69) is 71.8 Å². The lowest BCUT2D eigenvalue weighted by Crippen LogP contribution is -2.54. The average molecular weight is 964 g/mol. The molecule has 0 bridgehead atoms. The fraction of sp³-hybridized carbons (Fsp3) is 0.870. The molecule has 14 nitrogen and oxygen atoms in total. The van der Waals surface area contributed by atoms with Crippen LogP contribution in [0.3, 0.4) is 0 Å². The summed E-state index contributed by atoms with van der Waals surface area (Å²) in [5.74, 6) is -1.18. The van der Waals surface area contributed by atoms with E-state index >= 15 is 0 Å². The number of unbranched alkanes of at least 4 members (excludes halogenated alkanes) is 10. The Balaban J connectivity index is 0. The molecular weight excluding hydrogens is 859 g/mol. The molecule has 0 aromatic rings. The Kier molecular flexibility index (Phi) is 43.4. The number of rotatable bonds is 41. The van der Waals surface area contributed by atoms with Crippen LogP contribution in [0.25, 0.3) is 0 Å². The molecule has 7 N–H and O–H groups in total. The van der Waals surface area contributed by atoms with E-state index in [-0.39, 0.29) is 59.1 Å². The lowest BCUT2D eigenvalue weighted by atomic mass is 10.0. The van der Waals surface area contributed by atoms with Crippen LogP contribution < -0.4 is 37.2 Å². The lowest BCUT2D eigenvalue weighted by molar-refractivity contribution is -0.133. The maximum absolute atomic E-state index is 13.7. The van der Waals surface area contributed by atoms with Crippen molar-refractivity contribution in [1.82, 2.24) is 37.2 Å². The summed E-state index contributed by atoms with van der Waals surface area (Å²) in [6.45, 7) is 24.3. The zero-order chi connectivity index (χ0) is 51.5. The Morgan fingerprint density at radius 2 is 0.588 bits per heavy atom. The maximum Gasteiger partial charge on any atom is 0.243 e. The molecule has 0 heterocycles. The summed E-state index contributed by atoms with van der Waals surface area (Å²) in [6.07, 6.45) is 22.0. The van der Waals surface area contributed by atoms with E-state index in [9.17, 15) is 33.6 Å². The van der Waals surface area contributed by atoms with Gasteiger partial charge in [0.05, 0.1) is 0 Å². The highest BCUT2D eigenvalue weighted by Gasteiger charge is 2.28. The standard InChI is InChI=1S/C43H82N6O6.C11H23NO/c1-9-14-17-25-32(6)38(50)45-30-22-21-29-37(48-40(52)34(8)27-19-16-11-3)43(55)49-36(41(53)44-13-5)28-20-23-31-46-42(54)35(24-12-4)47-39(51)33(7)26-18-15-10-2;1-4-6-7-8-10(3)11(13)12-9-5-2/h32-37H,9-31H2,1-8H3,(H,44,53)(H,45,50)(H,46,54)(H,47,51)(H,48,52)(H,49,55);10H,4-9H2,1-3H3,(H,12,13). The zero-order valence-corrected chi connectivity index (χ0v) is 45.4. The molecular formula is C54H105N7O7. The SMILES string of the molecule is CCCCCC(C)C(=O)NCCC.CCCCCC(C)C(=O)NCCCCC(NC(=O)C(C)CCCCC)C(=O)NC(CCCCNC(=O)C(CCC)NC(=O)C(C)CCCCC)C(=O)NCC. The molecule has 0 aliphatic heterocycles.